The first kappa shape index (κ1) is 17.6. The van der Waals surface area contributed by atoms with Gasteiger partial charge in [-0.2, -0.15) is 0 Å². The van der Waals surface area contributed by atoms with Crippen molar-refractivity contribution in [3.8, 4) is 0 Å². The van der Waals surface area contributed by atoms with E-state index in [0.29, 0.717) is 0 Å². The Labute approximate surface area is 154 Å². The Balaban J connectivity index is 1.35. The second-order valence-corrected chi connectivity index (χ2v) is 6.97. The molecule has 134 valence electrons. The van der Waals surface area contributed by atoms with Crippen molar-refractivity contribution >= 4 is 28.0 Å². The predicted molar refractivity (Wildman–Crippen MR) is 109 cm³/mol. The van der Waals surface area contributed by atoms with E-state index in [1.54, 1.807) is 0 Å². The van der Waals surface area contributed by atoms with Crippen LogP contribution in [0.5, 0.6) is 0 Å². The average molecular weight is 358 g/mol. The first-order chi connectivity index (χ1) is 12.4. The van der Waals surface area contributed by atoms with Crippen LogP contribution in [0.15, 0.2) is 52.8 Å². The lowest BCUT2D eigenvalue weighted by Crippen LogP contribution is -2.52. The first-order valence-electron chi connectivity index (χ1n) is 8.90. The summed E-state index contributed by atoms with van der Waals surface area (Å²) in [7, 11) is 1.87. The molecule has 0 atom stereocenters. The highest BCUT2D eigenvalue weighted by atomic mass is 32.1. The van der Waals surface area contributed by atoms with Crippen LogP contribution in [0.3, 0.4) is 0 Å². The lowest BCUT2D eigenvalue weighted by molar-refractivity contribution is 0.373. The van der Waals surface area contributed by atoms with Gasteiger partial charge in [-0.3, -0.25) is 4.99 Å². The van der Waals surface area contributed by atoms with Gasteiger partial charge in [0.2, 0.25) is 0 Å². The number of guanidine groups is 1. The molecular weight excluding hydrogens is 330 g/mol. The smallest absolute Gasteiger partial charge is 0.193 e. The molecular formula is C19H27N5S. The van der Waals surface area contributed by atoms with Crippen molar-refractivity contribution in [1.29, 1.82) is 0 Å². The molecule has 2 heterocycles. The van der Waals surface area contributed by atoms with Crippen LogP contribution in [-0.4, -0.2) is 57.2 Å². The molecule has 0 spiro atoms. The molecule has 1 fully saturated rings. The molecule has 1 aromatic carbocycles. The molecule has 0 saturated carbocycles. The summed E-state index contributed by atoms with van der Waals surface area (Å²) in [5.74, 6) is 1.02. The number of aliphatic imine (C=N–C) groups is 1. The maximum Gasteiger partial charge on any atom is 0.193 e. The number of nitrogens with zero attached hydrogens (tertiary/aromatic N) is 3. The molecule has 2 aromatic rings. The van der Waals surface area contributed by atoms with E-state index in [9.17, 15) is 0 Å². The number of thiophene rings is 1. The van der Waals surface area contributed by atoms with Crippen LogP contribution >= 0.6 is 11.3 Å². The van der Waals surface area contributed by atoms with Gasteiger partial charge in [0, 0.05) is 52.0 Å². The Morgan fingerprint density at radius 1 is 1.04 bits per heavy atom. The van der Waals surface area contributed by atoms with Crippen molar-refractivity contribution in [2.75, 3.05) is 56.5 Å². The van der Waals surface area contributed by atoms with E-state index in [4.69, 9.17) is 0 Å². The largest absolute Gasteiger partial charge is 0.385 e. The van der Waals surface area contributed by atoms with E-state index in [0.717, 1.165) is 51.6 Å². The van der Waals surface area contributed by atoms with Gasteiger partial charge >= 0.3 is 0 Å². The molecule has 1 saturated heterocycles. The van der Waals surface area contributed by atoms with Crippen molar-refractivity contribution < 1.29 is 0 Å². The van der Waals surface area contributed by atoms with E-state index in [1.165, 1.54) is 10.7 Å². The standard InChI is InChI=1S/C19H27N5S/c1-20-19(22-11-6-10-21-17-7-3-2-4-8-17)24-14-12-23(13-15-24)18-9-5-16-25-18/h2-5,7-9,16,21H,6,10-15H2,1H3,(H,20,22). The summed E-state index contributed by atoms with van der Waals surface area (Å²) in [4.78, 5) is 9.26. The van der Waals surface area contributed by atoms with Crippen molar-refractivity contribution in [2.45, 2.75) is 6.42 Å². The number of hydrogen-bond acceptors (Lipinski definition) is 4. The summed E-state index contributed by atoms with van der Waals surface area (Å²) in [5.41, 5.74) is 1.18. The van der Waals surface area contributed by atoms with Crippen LogP contribution in [0.2, 0.25) is 0 Å². The fraction of sp³-hybridized carbons (Fsp3) is 0.421. The minimum absolute atomic E-state index is 0.928. The zero-order chi connectivity index (χ0) is 17.3. The van der Waals surface area contributed by atoms with Gasteiger partial charge in [-0.05, 0) is 36.1 Å². The van der Waals surface area contributed by atoms with Gasteiger partial charge in [0.05, 0.1) is 5.00 Å². The third-order valence-electron chi connectivity index (χ3n) is 4.35. The maximum absolute atomic E-state index is 4.45. The molecule has 0 aliphatic carbocycles. The van der Waals surface area contributed by atoms with Crippen LogP contribution in [0.4, 0.5) is 10.7 Å². The molecule has 0 amide bonds. The Kier molecular flexibility index (Phi) is 6.56. The Bertz CT molecular complexity index is 633. The fourth-order valence-corrected chi connectivity index (χ4v) is 3.78. The van der Waals surface area contributed by atoms with Crippen LogP contribution < -0.4 is 15.5 Å². The molecule has 0 bridgehead atoms. The fourth-order valence-electron chi connectivity index (χ4n) is 3.00. The molecule has 25 heavy (non-hydrogen) atoms. The second-order valence-electron chi connectivity index (χ2n) is 6.05. The average Bonchev–Trinajstić information content (AvgIpc) is 3.21. The van der Waals surface area contributed by atoms with Gasteiger partial charge in [0.1, 0.15) is 0 Å². The summed E-state index contributed by atoms with van der Waals surface area (Å²) in [6, 6.07) is 14.7. The molecule has 3 rings (SSSR count). The van der Waals surface area contributed by atoms with Crippen molar-refractivity contribution in [3.63, 3.8) is 0 Å². The van der Waals surface area contributed by atoms with Gasteiger partial charge in [0.25, 0.3) is 0 Å². The highest BCUT2D eigenvalue weighted by Crippen LogP contribution is 2.22. The molecule has 0 unspecified atom stereocenters. The van der Waals surface area contributed by atoms with Crippen LogP contribution in [0.1, 0.15) is 6.42 Å². The summed E-state index contributed by atoms with van der Waals surface area (Å²) >= 11 is 1.82. The Morgan fingerprint density at radius 3 is 2.52 bits per heavy atom. The van der Waals surface area contributed by atoms with Crippen LogP contribution in [0.25, 0.3) is 0 Å². The van der Waals surface area contributed by atoms with E-state index in [-0.39, 0.29) is 0 Å². The van der Waals surface area contributed by atoms with E-state index in [2.05, 4.69) is 67.2 Å². The lowest BCUT2D eigenvalue weighted by atomic mass is 10.3. The van der Waals surface area contributed by atoms with Gasteiger partial charge in [0.15, 0.2) is 5.96 Å². The zero-order valence-electron chi connectivity index (χ0n) is 14.8. The molecule has 1 aliphatic heterocycles. The van der Waals surface area contributed by atoms with Crippen molar-refractivity contribution in [3.05, 3.63) is 47.8 Å². The van der Waals surface area contributed by atoms with Crippen molar-refractivity contribution in [1.82, 2.24) is 10.2 Å². The van der Waals surface area contributed by atoms with Gasteiger partial charge in [-0.25, -0.2) is 0 Å². The lowest BCUT2D eigenvalue weighted by Gasteiger charge is -2.37. The number of hydrogen-bond donors (Lipinski definition) is 2. The highest BCUT2D eigenvalue weighted by Gasteiger charge is 2.19. The Morgan fingerprint density at radius 2 is 1.84 bits per heavy atom. The van der Waals surface area contributed by atoms with E-state index < -0.39 is 0 Å². The number of nitrogens with one attached hydrogen (secondary N) is 2. The summed E-state index contributed by atoms with van der Waals surface area (Å²) < 4.78 is 0. The second kappa shape index (κ2) is 9.32. The molecule has 1 aliphatic rings. The SMILES string of the molecule is CN=C(NCCCNc1ccccc1)N1CCN(c2cccs2)CC1. The summed E-state index contributed by atoms with van der Waals surface area (Å²) in [5, 5.41) is 10.4. The van der Waals surface area contributed by atoms with E-state index in [1.807, 2.05) is 24.5 Å². The molecule has 2 N–H and O–H groups in total. The van der Waals surface area contributed by atoms with Crippen LogP contribution in [-0.2, 0) is 0 Å². The van der Waals surface area contributed by atoms with Gasteiger partial charge in [-0.15, -0.1) is 11.3 Å². The minimum atomic E-state index is 0.928. The summed E-state index contributed by atoms with van der Waals surface area (Å²) in [6.07, 6.45) is 1.06. The van der Waals surface area contributed by atoms with E-state index >= 15 is 0 Å². The third-order valence-corrected chi connectivity index (χ3v) is 5.28. The third kappa shape index (κ3) is 5.13. The van der Waals surface area contributed by atoms with Crippen LogP contribution in [0, 0.1) is 0 Å². The molecule has 6 heteroatoms. The number of para-hydroxylation sites is 1. The Hall–Kier alpha value is -2.21. The highest BCUT2D eigenvalue weighted by molar-refractivity contribution is 7.14. The number of benzene rings is 1. The quantitative estimate of drug-likeness (QED) is 0.474. The first-order valence-corrected chi connectivity index (χ1v) is 9.78. The monoisotopic (exact) mass is 357 g/mol. The maximum atomic E-state index is 4.45. The predicted octanol–water partition coefficient (Wildman–Crippen LogP) is 2.95. The minimum Gasteiger partial charge on any atom is -0.385 e. The zero-order valence-corrected chi connectivity index (χ0v) is 15.6. The topological polar surface area (TPSA) is 42.9 Å². The summed E-state index contributed by atoms with van der Waals surface area (Å²) in [6.45, 7) is 6.02. The molecule has 5 nitrogen and oxygen atoms in total. The number of rotatable bonds is 6. The van der Waals surface area contributed by atoms with Crippen molar-refractivity contribution in [2.24, 2.45) is 4.99 Å². The molecule has 0 radical (unpaired) electrons. The van der Waals surface area contributed by atoms with Gasteiger partial charge in [-0.1, -0.05) is 18.2 Å². The number of piperazine rings is 1. The number of anilines is 2. The normalized spacial score (nSPS) is 15.3. The molecule has 1 aromatic heterocycles. The van der Waals surface area contributed by atoms with Gasteiger partial charge < -0.3 is 20.4 Å².